The second kappa shape index (κ2) is 6.85. The molecule has 1 aromatic heterocycles. The number of aromatic nitrogens is 2. The third kappa shape index (κ3) is 3.38. The van der Waals surface area contributed by atoms with E-state index in [4.69, 9.17) is 9.47 Å². The number of benzene rings is 1. The summed E-state index contributed by atoms with van der Waals surface area (Å²) in [4.78, 5) is 16.4. The summed E-state index contributed by atoms with van der Waals surface area (Å²) in [6, 6.07) is 7.90. The Kier molecular flexibility index (Phi) is 4.42. The normalized spacial score (nSPS) is 22.4. The summed E-state index contributed by atoms with van der Waals surface area (Å²) >= 11 is 0. The molecule has 2 aliphatic rings. The van der Waals surface area contributed by atoms with E-state index in [1.165, 1.54) is 0 Å². The molecule has 132 valence electrons. The van der Waals surface area contributed by atoms with Gasteiger partial charge in [-0.3, -0.25) is 0 Å². The average Bonchev–Trinajstić information content (AvgIpc) is 3.26. The zero-order valence-corrected chi connectivity index (χ0v) is 14.2. The summed E-state index contributed by atoms with van der Waals surface area (Å²) in [6.07, 6.45) is 2.73. The first-order chi connectivity index (χ1) is 12.2. The molecule has 0 unspecified atom stereocenters. The molecule has 0 radical (unpaired) electrons. The Hall–Kier alpha value is -2.38. The van der Waals surface area contributed by atoms with Gasteiger partial charge in [0.15, 0.2) is 0 Å². The summed E-state index contributed by atoms with van der Waals surface area (Å²) in [6.45, 7) is 4.52. The number of aryl methyl sites for hydroxylation is 1. The van der Waals surface area contributed by atoms with Crippen LogP contribution in [0.25, 0.3) is 0 Å². The molecule has 0 bridgehead atoms. The molecular weight excluding hydrogens is 320 g/mol. The molecule has 0 aliphatic carbocycles. The first-order valence-electron chi connectivity index (χ1n) is 8.56. The van der Waals surface area contributed by atoms with Gasteiger partial charge in [-0.1, -0.05) is 12.1 Å². The maximum atomic E-state index is 12.0. The van der Waals surface area contributed by atoms with Gasteiger partial charge in [0.2, 0.25) is 0 Å². The highest BCUT2D eigenvalue weighted by Gasteiger charge is 2.24. The molecule has 2 aliphatic heterocycles. The Balaban J connectivity index is 1.44. The largest absolute Gasteiger partial charge is 0.379 e. The number of ether oxygens (including phenoxy) is 2. The van der Waals surface area contributed by atoms with Crippen molar-refractivity contribution < 1.29 is 14.3 Å². The molecule has 2 atom stereocenters. The van der Waals surface area contributed by atoms with E-state index in [1.807, 2.05) is 37.4 Å². The number of rotatable bonds is 3. The van der Waals surface area contributed by atoms with E-state index in [1.54, 1.807) is 0 Å². The Morgan fingerprint density at radius 1 is 1.24 bits per heavy atom. The minimum atomic E-state index is -0.197. The van der Waals surface area contributed by atoms with Crippen molar-refractivity contribution in [3.63, 3.8) is 0 Å². The Morgan fingerprint density at radius 2 is 2.08 bits per heavy atom. The van der Waals surface area contributed by atoms with Gasteiger partial charge in [0.25, 0.3) is 0 Å². The van der Waals surface area contributed by atoms with Gasteiger partial charge in [0, 0.05) is 12.3 Å². The van der Waals surface area contributed by atoms with Crippen molar-refractivity contribution in [2.75, 3.05) is 25.1 Å². The van der Waals surface area contributed by atoms with Crippen molar-refractivity contribution >= 4 is 11.7 Å². The van der Waals surface area contributed by atoms with E-state index in [-0.39, 0.29) is 18.1 Å². The molecule has 7 nitrogen and oxygen atoms in total. The number of nitrogens with one attached hydrogen (secondary N) is 2. The van der Waals surface area contributed by atoms with Gasteiger partial charge in [-0.05, 0) is 31.0 Å². The molecule has 2 aromatic rings. The molecule has 25 heavy (non-hydrogen) atoms. The van der Waals surface area contributed by atoms with Gasteiger partial charge in [-0.2, -0.15) is 0 Å². The lowest BCUT2D eigenvalue weighted by Crippen LogP contribution is -2.38. The fourth-order valence-electron chi connectivity index (χ4n) is 3.42. The number of urea groups is 1. The molecule has 2 amide bonds. The van der Waals surface area contributed by atoms with Crippen LogP contribution in [0, 0.1) is 6.92 Å². The van der Waals surface area contributed by atoms with Crippen LogP contribution in [0.15, 0.2) is 30.5 Å². The molecule has 0 spiro atoms. The highest BCUT2D eigenvalue weighted by Crippen LogP contribution is 2.28. The second-order valence-corrected chi connectivity index (χ2v) is 6.48. The number of hydrogen-bond acceptors (Lipinski definition) is 4. The Labute approximate surface area is 146 Å². The highest BCUT2D eigenvalue weighted by molar-refractivity contribution is 5.89. The number of carbonyl (C=O) groups excluding carboxylic acids is 1. The monoisotopic (exact) mass is 342 g/mol. The van der Waals surface area contributed by atoms with Crippen LogP contribution < -0.4 is 10.6 Å². The third-order valence-corrected chi connectivity index (χ3v) is 4.71. The van der Waals surface area contributed by atoms with E-state index < -0.39 is 0 Å². The van der Waals surface area contributed by atoms with E-state index in [0.29, 0.717) is 26.4 Å². The van der Waals surface area contributed by atoms with E-state index in [0.717, 1.165) is 29.2 Å². The standard InChI is InChI=1S/C18H22N4O3/c1-12-19-8-16-10-25-11-17(22(12)16)13-2-4-14(5-3-13)20-18(23)21-15-6-7-24-9-15/h2-5,8,15,17H,6-7,9-11H2,1H3,(H2,20,21,23)/t15-,17-/m0/s1. The highest BCUT2D eigenvalue weighted by atomic mass is 16.5. The minimum Gasteiger partial charge on any atom is -0.379 e. The van der Waals surface area contributed by atoms with Gasteiger partial charge < -0.3 is 24.7 Å². The SMILES string of the molecule is Cc1ncc2n1[C@H](c1ccc(NC(=O)N[C@H]3CCOC3)cc1)COC2. The van der Waals surface area contributed by atoms with Gasteiger partial charge in [0.05, 0.1) is 43.8 Å². The molecule has 1 aromatic carbocycles. The lowest BCUT2D eigenvalue weighted by atomic mass is 10.1. The van der Waals surface area contributed by atoms with E-state index in [9.17, 15) is 4.79 Å². The van der Waals surface area contributed by atoms with Gasteiger partial charge >= 0.3 is 6.03 Å². The first-order valence-corrected chi connectivity index (χ1v) is 8.56. The van der Waals surface area contributed by atoms with E-state index >= 15 is 0 Å². The summed E-state index contributed by atoms with van der Waals surface area (Å²) in [5, 5.41) is 5.78. The first kappa shape index (κ1) is 16.1. The van der Waals surface area contributed by atoms with Gasteiger partial charge in [-0.15, -0.1) is 0 Å². The smallest absolute Gasteiger partial charge is 0.319 e. The number of amides is 2. The topological polar surface area (TPSA) is 77.4 Å². The zero-order valence-electron chi connectivity index (χ0n) is 14.2. The summed E-state index contributed by atoms with van der Waals surface area (Å²) in [5.74, 6) is 0.990. The number of anilines is 1. The van der Waals surface area contributed by atoms with Crippen LogP contribution in [0.2, 0.25) is 0 Å². The van der Waals surface area contributed by atoms with Crippen molar-refractivity contribution in [1.29, 1.82) is 0 Å². The van der Waals surface area contributed by atoms with Crippen LogP contribution in [-0.4, -0.2) is 41.4 Å². The quantitative estimate of drug-likeness (QED) is 0.897. The van der Waals surface area contributed by atoms with Crippen LogP contribution in [0.1, 0.15) is 29.5 Å². The average molecular weight is 342 g/mol. The number of imidazole rings is 1. The predicted octanol–water partition coefficient (Wildman–Crippen LogP) is 2.22. The fraction of sp³-hybridized carbons (Fsp3) is 0.444. The summed E-state index contributed by atoms with van der Waals surface area (Å²) in [7, 11) is 0. The van der Waals surface area contributed by atoms with Crippen molar-refractivity contribution in [2.24, 2.45) is 0 Å². The van der Waals surface area contributed by atoms with Crippen molar-refractivity contribution in [3.05, 3.63) is 47.5 Å². The van der Waals surface area contributed by atoms with Crippen LogP contribution in [-0.2, 0) is 16.1 Å². The molecular formula is C18H22N4O3. The molecule has 1 fully saturated rings. The molecule has 2 N–H and O–H groups in total. The van der Waals surface area contributed by atoms with Crippen LogP contribution in [0.4, 0.5) is 10.5 Å². The van der Waals surface area contributed by atoms with Crippen molar-refractivity contribution in [3.8, 4) is 0 Å². The zero-order chi connectivity index (χ0) is 17.2. The second-order valence-electron chi connectivity index (χ2n) is 6.48. The number of hydrogen-bond donors (Lipinski definition) is 2. The Bertz CT molecular complexity index is 750. The molecule has 4 rings (SSSR count). The predicted molar refractivity (Wildman–Crippen MR) is 92.6 cm³/mol. The van der Waals surface area contributed by atoms with Crippen LogP contribution in [0.5, 0.6) is 0 Å². The lowest BCUT2D eigenvalue weighted by molar-refractivity contribution is 0.0687. The van der Waals surface area contributed by atoms with E-state index in [2.05, 4.69) is 20.2 Å². The fourth-order valence-corrected chi connectivity index (χ4v) is 3.42. The number of carbonyl (C=O) groups is 1. The third-order valence-electron chi connectivity index (χ3n) is 4.71. The molecule has 0 saturated carbocycles. The van der Waals surface area contributed by atoms with Gasteiger partial charge in [0.1, 0.15) is 5.82 Å². The maximum absolute atomic E-state index is 12.0. The summed E-state index contributed by atoms with van der Waals surface area (Å²) < 4.78 is 13.2. The van der Waals surface area contributed by atoms with Crippen molar-refractivity contribution in [2.45, 2.75) is 32.0 Å². The minimum absolute atomic E-state index is 0.0984. The van der Waals surface area contributed by atoms with Crippen LogP contribution in [0.3, 0.4) is 0 Å². The number of fused-ring (bicyclic) bond motifs is 1. The lowest BCUT2D eigenvalue weighted by Gasteiger charge is -2.27. The Morgan fingerprint density at radius 3 is 2.84 bits per heavy atom. The van der Waals surface area contributed by atoms with Gasteiger partial charge in [-0.25, -0.2) is 9.78 Å². The maximum Gasteiger partial charge on any atom is 0.319 e. The molecule has 1 saturated heterocycles. The molecule has 7 heteroatoms. The summed E-state index contributed by atoms with van der Waals surface area (Å²) in [5.41, 5.74) is 2.99. The van der Waals surface area contributed by atoms with Crippen molar-refractivity contribution in [1.82, 2.24) is 14.9 Å². The molecule has 3 heterocycles. The number of nitrogens with zero attached hydrogens (tertiary/aromatic N) is 2. The van der Waals surface area contributed by atoms with Crippen LogP contribution >= 0.6 is 0 Å².